The number of rotatable bonds is 2. The van der Waals surface area contributed by atoms with E-state index in [9.17, 15) is 8.78 Å². The zero-order chi connectivity index (χ0) is 10.1. The molecule has 1 aromatic heterocycles. The van der Waals surface area contributed by atoms with E-state index >= 15 is 0 Å². The van der Waals surface area contributed by atoms with Crippen LogP contribution >= 0.6 is 23.2 Å². The van der Waals surface area contributed by atoms with E-state index in [0.29, 0.717) is 0 Å². The Hall–Kier alpha value is -0.450. The lowest BCUT2D eigenvalue weighted by Crippen LogP contribution is -2.19. The summed E-state index contributed by atoms with van der Waals surface area (Å²) in [6, 6.07) is 2.22. The highest BCUT2D eigenvalue weighted by atomic mass is 35.5. The number of hydrogen-bond donors (Lipinski definition) is 1. The van der Waals surface area contributed by atoms with Gasteiger partial charge in [0.1, 0.15) is 16.9 Å². The summed E-state index contributed by atoms with van der Waals surface area (Å²) in [5.74, 6) is -3.38. The first kappa shape index (κ1) is 10.6. The molecule has 0 spiro atoms. The number of aliphatic hydroxyl groups is 1. The molecule has 1 rings (SSSR count). The molecule has 13 heavy (non-hydrogen) atoms. The molecule has 1 N–H and O–H groups in total. The van der Waals surface area contributed by atoms with E-state index in [2.05, 4.69) is 4.98 Å². The van der Waals surface area contributed by atoms with Crippen molar-refractivity contribution in [3.8, 4) is 0 Å². The maximum absolute atomic E-state index is 12.9. The van der Waals surface area contributed by atoms with Crippen LogP contribution in [0.3, 0.4) is 0 Å². The molecule has 0 saturated heterocycles. The highest BCUT2D eigenvalue weighted by Gasteiger charge is 2.33. The van der Waals surface area contributed by atoms with Gasteiger partial charge in [0.15, 0.2) is 0 Å². The molecule has 0 aliphatic rings. The minimum Gasteiger partial charge on any atom is -0.390 e. The van der Waals surface area contributed by atoms with E-state index in [0.717, 1.165) is 6.07 Å². The van der Waals surface area contributed by atoms with Crippen molar-refractivity contribution < 1.29 is 13.9 Å². The normalized spacial score (nSPS) is 11.8. The van der Waals surface area contributed by atoms with Crippen molar-refractivity contribution in [1.82, 2.24) is 4.98 Å². The van der Waals surface area contributed by atoms with Crippen molar-refractivity contribution >= 4 is 23.2 Å². The lowest BCUT2D eigenvalue weighted by molar-refractivity contribution is -0.0557. The Morgan fingerprint density at radius 2 is 2.00 bits per heavy atom. The van der Waals surface area contributed by atoms with Gasteiger partial charge in [-0.1, -0.05) is 23.2 Å². The average Bonchev–Trinajstić information content (AvgIpc) is 2.03. The molecular formula is C7H5Cl2F2NO. The summed E-state index contributed by atoms with van der Waals surface area (Å²) in [5.41, 5.74) is -0.527. The second-order valence-electron chi connectivity index (χ2n) is 2.33. The minimum atomic E-state index is -3.38. The van der Waals surface area contributed by atoms with Gasteiger partial charge in [-0.15, -0.1) is 0 Å². The van der Waals surface area contributed by atoms with Crippen molar-refractivity contribution in [2.75, 3.05) is 6.61 Å². The maximum atomic E-state index is 12.9. The average molecular weight is 228 g/mol. The smallest absolute Gasteiger partial charge is 0.298 e. The number of pyridine rings is 1. The molecule has 0 aliphatic carbocycles. The Morgan fingerprint density at radius 1 is 1.38 bits per heavy atom. The van der Waals surface area contributed by atoms with Crippen LogP contribution in [-0.2, 0) is 5.92 Å². The van der Waals surface area contributed by atoms with Crippen LogP contribution < -0.4 is 0 Å². The third kappa shape index (κ3) is 2.27. The van der Waals surface area contributed by atoms with Gasteiger partial charge < -0.3 is 5.11 Å². The standard InChI is InChI=1S/C7H5Cl2F2NO/c8-5-2-1-4(6(9)12-5)7(10,11)3-13/h1-2,13H,3H2. The van der Waals surface area contributed by atoms with Crippen LogP contribution in [0.4, 0.5) is 8.78 Å². The maximum Gasteiger partial charge on any atom is 0.298 e. The van der Waals surface area contributed by atoms with E-state index < -0.39 is 23.2 Å². The summed E-state index contributed by atoms with van der Waals surface area (Å²) in [5, 5.41) is 8.01. The van der Waals surface area contributed by atoms with Gasteiger partial charge in [-0.3, -0.25) is 0 Å². The van der Waals surface area contributed by atoms with Crippen molar-refractivity contribution in [3.63, 3.8) is 0 Å². The molecule has 1 aromatic rings. The summed E-state index contributed by atoms with van der Waals surface area (Å²) in [6.07, 6.45) is 0. The zero-order valence-electron chi connectivity index (χ0n) is 6.27. The van der Waals surface area contributed by atoms with Gasteiger partial charge in [-0.05, 0) is 12.1 Å². The number of alkyl halides is 2. The van der Waals surface area contributed by atoms with Crippen LogP contribution in [0.1, 0.15) is 5.56 Å². The fourth-order valence-corrected chi connectivity index (χ4v) is 1.25. The van der Waals surface area contributed by atoms with Gasteiger partial charge in [0.05, 0.1) is 5.56 Å². The summed E-state index contributed by atoms with van der Waals surface area (Å²) < 4.78 is 25.7. The lowest BCUT2D eigenvalue weighted by atomic mass is 10.1. The van der Waals surface area contributed by atoms with Gasteiger partial charge in [-0.25, -0.2) is 4.98 Å². The van der Waals surface area contributed by atoms with Crippen LogP contribution in [0.25, 0.3) is 0 Å². The van der Waals surface area contributed by atoms with Gasteiger partial charge in [0, 0.05) is 0 Å². The number of halogens is 4. The van der Waals surface area contributed by atoms with Crippen LogP contribution in [0.15, 0.2) is 12.1 Å². The first-order valence-electron chi connectivity index (χ1n) is 3.28. The highest BCUT2D eigenvalue weighted by Crippen LogP contribution is 2.32. The van der Waals surface area contributed by atoms with E-state index in [1.165, 1.54) is 6.07 Å². The third-order valence-electron chi connectivity index (χ3n) is 1.41. The number of aromatic nitrogens is 1. The number of aliphatic hydroxyl groups excluding tert-OH is 1. The highest BCUT2D eigenvalue weighted by molar-refractivity contribution is 6.32. The molecule has 0 unspecified atom stereocenters. The van der Waals surface area contributed by atoms with Crippen molar-refractivity contribution in [1.29, 1.82) is 0 Å². The minimum absolute atomic E-state index is 0.0301. The van der Waals surface area contributed by atoms with Gasteiger partial charge in [-0.2, -0.15) is 8.78 Å². The molecule has 72 valence electrons. The van der Waals surface area contributed by atoms with Crippen LogP contribution in [-0.4, -0.2) is 16.7 Å². The molecule has 1 heterocycles. The molecule has 0 atom stereocenters. The quantitative estimate of drug-likeness (QED) is 0.788. The summed E-state index contributed by atoms with van der Waals surface area (Å²) in [7, 11) is 0. The van der Waals surface area contributed by atoms with Crippen molar-refractivity contribution in [2.45, 2.75) is 5.92 Å². The summed E-state index contributed by atoms with van der Waals surface area (Å²) in [4.78, 5) is 3.43. The van der Waals surface area contributed by atoms with E-state index in [-0.39, 0.29) is 5.15 Å². The molecule has 0 bridgehead atoms. The molecule has 0 radical (unpaired) electrons. The predicted octanol–water partition coefficient (Wildman–Crippen LogP) is 2.47. The Morgan fingerprint density at radius 3 is 2.46 bits per heavy atom. The van der Waals surface area contributed by atoms with Gasteiger partial charge >= 0.3 is 0 Å². The monoisotopic (exact) mass is 227 g/mol. The van der Waals surface area contributed by atoms with Crippen LogP contribution in [0.5, 0.6) is 0 Å². The van der Waals surface area contributed by atoms with Crippen molar-refractivity contribution in [2.24, 2.45) is 0 Å². The van der Waals surface area contributed by atoms with E-state index in [1.54, 1.807) is 0 Å². The van der Waals surface area contributed by atoms with Gasteiger partial charge in [0.2, 0.25) is 0 Å². The summed E-state index contributed by atoms with van der Waals surface area (Å²) in [6.45, 7) is -1.31. The molecule has 0 amide bonds. The fourth-order valence-electron chi connectivity index (χ4n) is 0.770. The van der Waals surface area contributed by atoms with Crippen LogP contribution in [0, 0.1) is 0 Å². The molecule has 0 saturated carbocycles. The predicted molar refractivity (Wildman–Crippen MR) is 45.2 cm³/mol. The second-order valence-corrected chi connectivity index (χ2v) is 3.08. The second kappa shape index (κ2) is 3.74. The molecule has 0 fully saturated rings. The van der Waals surface area contributed by atoms with E-state index in [1.807, 2.05) is 0 Å². The Balaban J connectivity index is 3.16. The zero-order valence-corrected chi connectivity index (χ0v) is 7.78. The van der Waals surface area contributed by atoms with Gasteiger partial charge in [0.25, 0.3) is 5.92 Å². The molecule has 0 aromatic carbocycles. The van der Waals surface area contributed by atoms with Crippen molar-refractivity contribution in [3.05, 3.63) is 28.0 Å². The topological polar surface area (TPSA) is 33.1 Å². The number of nitrogens with zero attached hydrogens (tertiary/aromatic N) is 1. The molecular weight excluding hydrogens is 223 g/mol. The Bertz CT molecular complexity index is 319. The largest absolute Gasteiger partial charge is 0.390 e. The SMILES string of the molecule is OCC(F)(F)c1ccc(Cl)nc1Cl. The fraction of sp³-hybridized carbons (Fsp3) is 0.286. The third-order valence-corrected chi connectivity index (χ3v) is 1.91. The molecule has 2 nitrogen and oxygen atoms in total. The van der Waals surface area contributed by atoms with Crippen LogP contribution in [0.2, 0.25) is 10.3 Å². The van der Waals surface area contributed by atoms with E-state index in [4.69, 9.17) is 28.3 Å². The summed E-state index contributed by atoms with van der Waals surface area (Å²) >= 11 is 10.8. The molecule has 6 heteroatoms. The number of hydrogen-bond acceptors (Lipinski definition) is 2. The Kier molecular flexibility index (Phi) is 3.05. The Labute approximate surface area is 83.1 Å². The molecule has 0 aliphatic heterocycles. The lowest BCUT2D eigenvalue weighted by Gasteiger charge is -2.13. The first-order chi connectivity index (χ1) is 5.97. The first-order valence-corrected chi connectivity index (χ1v) is 4.04.